The van der Waals surface area contributed by atoms with Crippen LogP contribution in [0.2, 0.25) is 0 Å². The van der Waals surface area contributed by atoms with Crippen LogP contribution in [0.3, 0.4) is 0 Å². The predicted octanol–water partition coefficient (Wildman–Crippen LogP) is 2.53. The third-order valence-electron chi connectivity index (χ3n) is 2.49. The SMILES string of the molecule is N#Cc1cccc(C(=O)Nc2cc(N)ccc2F)c1. The van der Waals surface area contributed by atoms with Crippen LogP contribution < -0.4 is 11.1 Å². The first-order valence-electron chi connectivity index (χ1n) is 5.46. The van der Waals surface area contributed by atoms with Gasteiger partial charge in [0.1, 0.15) is 5.82 Å². The number of amides is 1. The largest absolute Gasteiger partial charge is 0.399 e. The molecule has 0 aliphatic heterocycles. The van der Waals surface area contributed by atoms with E-state index < -0.39 is 11.7 Å². The molecule has 5 heteroatoms. The van der Waals surface area contributed by atoms with E-state index >= 15 is 0 Å². The first kappa shape index (κ1) is 12.6. The molecule has 0 spiro atoms. The van der Waals surface area contributed by atoms with Crippen molar-refractivity contribution in [1.82, 2.24) is 0 Å². The summed E-state index contributed by atoms with van der Waals surface area (Å²) in [7, 11) is 0. The average Bonchev–Trinajstić information content (AvgIpc) is 2.43. The maximum Gasteiger partial charge on any atom is 0.255 e. The lowest BCUT2D eigenvalue weighted by Crippen LogP contribution is -2.13. The monoisotopic (exact) mass is 255 g/mol. The van der Waals surface area contributed by atoms with Crippen molar-refractivity contribution in [2.45, 2.75) is 0 Å². The number of carbonyl (C=O) groups excluding carboxylic acids is 1. The lowest BCUT2D eigenvalue weighted by Gasteiger charge is -2.07. The number of nitrogens with one attached hydrogen (secondary N) is 1. The van der Waals surface area contributed by atoms with Crippen molar-refractivity contribution in [2.75, 3.05) is 11.1 Å². The Bertz CT molecular complexity index is 677. The first-order chi connectivity index (χ1) is 9.10. The van der Waals surface area contributed by atoms with Crippen LogP contribution in [-0.2, 0) is 0 Å². The van der Waals surface area contributed by atoms with Crippen LogP contribution in [0.4, 0.5) is 15.8 Å². The zero-order valence-corrected chi connectivity index (χ0v) is 9.85. The van der Waals surface area contributed by atoms with Gasteiger partial charge in [-0.25, -0.2) is 4.39 Å². The lowest BCUT2D eigenvalue weighted by atomic mass is 10.1. The van der Waals surface area contributed by atoms with Crippen LogP contribution in [-0.4, -0.2) is 5.91 Å². The molecule has 0 fully saturated rings. The fourth-order valence-corrected chi connectivity index (χ4v) is 1.56. The molecular weight excluding hydrogens is 245 g/mol. The number of hydrogen-bond acceptors (Lipinski definition) is 3. The number of anilines is 2. The van der Waals surface area contributed by atoms with E-state index in [1.165, 1.54) is 24.3 Å². The minimum Gasteiger partial charge on any atom is -0.399 e. The molecule has 2 rings (SSSR count). The third kappa shape index (κ3) is 2.87. The summed E-state index contributed by atoms with van der Waals surface area (Å²) in [5, 5.41) is 11.2. The van der Waals surface area contributed by atoms with E-state index in [1.54, 1.807) is 18.2 Å². The van der Waals surface area contributed by atoms with Crippen molar-refractivity contribution in [3.63, 3.8) is 0 Å². The van der Waals surface area contributed by atoms with Gasteiger partial charge in [0.25, 0.3) is 5.91 Å². The van der Waals surface area contributed by atoms with Gasteiger partial charge in [0.15, 0.2) is 0 Å². The molecule has 0 aromatic heterocycles. The Labute approximate surface area is 109 Å². The second-order valence-electron chi connectivity index (χ2n) is 3.89. The van der Waals surface area contributed by atoms with E-state index in [-0.39, 0.29) is 11.3 Å². The van der Waals surface area contributed by atoms with Crippen molar-refractivity contribution in [3.8, 4) is 6.07 Å². The lowest BCUT2D eigenvalue weighted by molar-refractivity contribution is 0.102. The van der Waals surface area contributed by atoms with Gasteiger partial charge in [-0.05, 0) is 36.4 Å². The number of nitrogens with two attached hydrogens (primary N) is 1. The molecule has 0 saturated carbocycles. The van der Waals surface area contributed by atoms with Crippen molar-refractivity contribution in [1.29, 1.82) is 5.26 Å². The highest BCUT2D eigenvalue weighted by molar-refractivity contribution is 6.04. The zero-order valence-electron chi connectivity index (χ0n) is 9.85. The topological polar surface area (TPSA) is 78.9 Å². The van der Waals surface area contributed by atoms with E-state index in [1.807, 2.05) is 6.07 Å². The van der Waals surface area contributed by atoms with Crippen LogP contribution in [0.1, 0.15) is 15.9 Å². The summed E-state index contributed by atoms with van der Waals surface area (Å²) in [5.41, 5.74) is 6.52. The molecule has 0 atom stereocenters. The van der Waals surface area contributed by atoms with Crippen LogP contribution in [0.25, 0.3) is 0 Å². The highest BCUT2D eigenvalue weighted by Crippen LogP contribution is 2.18. The maximum absolute atomic E-state index is 13.5. The Morgan fingerprint density at radius 2 is 2.05 bits per heavy atom. The molecule has 94 valence electrons. The normalized spacial score (nSPS) is 9.68. The van der Waals surface area contributed by atoms with E-state index in [2.05, 4.69) is 5.32 Å². The Hall–Kier alpha value is -2.87. The number of hydrogen-bond donors (Lipinski definition) is 2. The van der Waals surface area contributed by atoms with Gasteiger partial charge in [-0.1, -0.05) is 6.07 Å². The van der Waals surface area contributed by atoms with Crippen molar-refractivity contribution in [2.24, 2.45) is 0 Å². The van der Waals surface area contributed by atoms with Gasteiger partial charge in [-0.3, -0.25) is 4.79 Å². The summed E-state index contributed by atoms with van der Waals surface area (Å²) in [6.07, 6.45) is 0. The Morgan fingerprint density at radius 1 is 1.26 bits per heavy atom. The molecule has 0 saturated heterocycles. The van der Waals surface area contributed by atoms with Gasteiger partial charge in [-0.2, -0.15) is 5.26 Å². The highest BCUT2D eigenvalue weighted by atomic mass is 19.1. The van der Waals surface area contributed by atoms with Gasteiger partial charge in [0.2, 0.25) is 0 Å². The summed E-state index contributed by atoms with van der Waals surface area (Å²) < 4.78 is 13.5. The van der Waals surface area contributed by atoms with E-state index in [9.17, 15) is 9.18 Å². The highest BCUT2D eigenvalue weighted by Gasteiger charge is 2.10. The van der Waals surface area contributed by atoms with Crippen LogP contribution in [0, 0.1) is 17.1 Å². The van der Waals surface area contributed by atoms with Crippen molar-refractivity contribution >= 4 is 17.3 Å². The summed E-state index contributed by atoms with van der Waals surface area (Å²) in [4.78, 5) is 11.9. The number of nitrogen functional groups attached to an aromatic ring is 1. The summed E-state index contributed by atoms with van der Waals surface area (Å²) in [5.74, 6) is -1.07. The smallest absolute Gasteiger partial charge is 0.255 e. The zero-order chi connectivity index (χ0) is 13.8. The Balaban J connectivity index is 2.26. The molecule has 3 N–H and O–H groups in total. The van der Waals surface area contributed by atoms with Crippen molar-refractivity contribution in [3.05, 3.63) is 59.4 Å². The molecular formula is C14H10FN3O. The summed E-state index contributed by atoms with van der Waals surface area (Å²) in [6.45, 7) is 0. The first-order valence-corrected chi connectivity index (χ1v) is 5.46. The fraction of sp³-hybridized carbons (Fsp3) is 0. The molecule has 4 nitrogen and oxygen atoms in total. The molecule has 0 heterocycles. The van der Waals surface area contributed by atoms with Crippen molar-refractivity contribution < 1.29 is 9.18 Å². The molecule has 0 aliphatic rings. The van der Waals surface area contributed by atoms with Crippen LogP contribution in [0.15, 0.2) is 42.5 Å². The van der Waals surface area contributed by atoms with Gasteiger partial charge >= 0.3 is 0 Å². The van der Waals surface area contributed by atoms with Crippen LogP contribution in [0.5, 0.6) is 0 Å². The summed E-state index contributed by atoms with van der Waals surface area (Å²) in [6, 6.07) is 12.0. The number of benzene rings is 2. The van der Waals surface area contributed by atoms with E-state index in [0.29, 0.717) is 11.3 Å². The Morgan fingerprint density at radius 3 is 2.79 bits per heavy atom. The summed E-state index contributed by atoms with van der Waals surface area (Å²) >= 11 is 0. The van der Waals surface area contributed by atoms with Gasteiger partial charge in [-0.15, -0.1) is 0 Å². The molecule has 2 aromatic rings. The molecule has 1 amide bonds. The number of carbonyl (C=O) groups is 1. The number of rotatable bonds is 2. The number of halogens is 1. The predicted molar refractivity (Wildman–Crippen MR) is 69.9 cm³/mol. The second-order valence-corrected chi connectivity index (χ2v) is 3.89. The molecule has 0 radical (unpaired) electrons. The van der Waals surface area contributed by atoms with E-state index in [0.717, 1.165) is 0 Å². The Kier molecular flexibility index (Phi) is 3.44. The molecule has 0 bridgehead atoms. The maximum atomic E-state index is 13.5. The second kappa shape index (κ2) is 5.19. The minimum absolute atomic E-state index is 0.00682. The molecule has 0 aliphatic carbocycles. The fourth-order valence-electron chi connectivity index (χ4n) is 1.56. The minimum atomic E-state index is -0.570. The standard InChI is InChI=1S/C14H10FN3O/c15-12-5-4-11(17)7-13(12)18-14(19)10-3-1-2-9(6-10)8-16/h1-7H,17H2,(H,18,19). The quantitative estimate of drug-likeness (QED) is 0.809. The number of nitrogens with zero attached hydrogens (tertiary/aromatic N) is 1. The average molecular weight is 255 g/mol. The molecule has 2 aromatic carbocycles. The van der Waals surface area contributed by atoms with Gasteiger partial charge < -0.3 is 11.1 Å². The molecule has 0 unspecified atom stereocenters. The van der Waals surface area contributed by atoms with Crippen LogP contribution >= 0.6 is 0 Å². The third-order valence-corrected chi connectivity index (χ3v) is 2.49. The number of nitriles is 1. The van der Waals surface area contributed by atoms with Gasteiger partial charge in [0, 0.05) is 11.3 Å². The molecule has 19 heavy (non-hydrogen) atoms. The van der Waals surface area contributed by atoms with Gasteiger partial charge in [0.05, 0.1) is 17.3 Å². The van der Waals surface area contributed by atoms with E-state index in [4.69, 9.17) is 11.0 Å².